The van der Waals surface area contributed by atoms with Crippen LogP contribution < -0.4 is 10.1 Å². The van der Waals surface area contributed by atoms with Crippen LogP contribution in [0.3, 0.4) is 0 Å². The third kappa shape index (κ3) is 4.05. The average Bonchev–Trinajstić information content (AvgIpc) is 3.35. The summed E-state index contributed by atoms with van der Waals surface area (Å²) in [6.45, 7) is 0. The van der Waals surface area contributed by atoms with Crippen LogP contribution in [0.4, 0.5) is 4.79 Å². The third-order valence-electron chi connectivity index (χ3n) is 4.46. The molecule has 1 aromatic carbocycles. The van der Waals surface area contributed by atoms with E-state index in [9.17, 15) is 9.90 Å². The molecule has 1 fully saturated rings. The van der Waals surface area contributed by atoms with Gasteiger partial charge in [-0.25, -0.2) is 4.79 Å². The van der Waals surface area contributed by atoms with Gasteiger partial charge >= 0.3 is 6.09 Å². The van der Waals surface area contributed by atoms with E-state index in [-0.39, 0.29) is 17.5 Å². The van der Waals surface area contributed by atoms with Crippen LogP contribution in [0.1, 0.15) is 25.7 Å². The van der Waals surface area contributed by atoms with Crippen LogP contribution in [-0.4, -0.2) is 32.4 Å². The highest BCUT2D eigenvalue weighted by atomic mass is 16.6. The second-order valence-electron chi connectivity index (χ2n) is 6.44. The van der Waals surface area contributed by atoms with E-state index in [2.05, 4.69) is 20.5 Å². The smallest absolute Gasteiger partial charge is 0.412 e. The highest BCUT2D eigenvalue weighted by molar-refractivity contribution is 5.74. The number of carbonyl (C=O) groups excluding carboxylic acids is 1. The number of ether oxygens (including phenoxy) is 1. The summed E-state index contributed by atoms with van der Waals surface area (Å²) in [6.07, 6.45) is 8.13. The molecule has 0 aliphatic heterocycles. The molecule has 1 aliphatic carbocycles. The molecule has 4 rings (SSSR count). The molecule has 0 spiro atoms. The summed E-state index contributed by atoms with van der Waals surface area (Å²) < 4.78 is 10.5. The number of phenolic OH excluding ortho intramolecular Hbond substituents is 1. The number of rotatable bonds is 4. The molecular weight excluding hydrogens is 348 g/mol. The number of hydrogen-bond donors (Lipinski definition) is 2. The van der Waals surface area contributed by atoms with Gasteiger partial charge < -0.3 is 19.6 Å². The summed E-state index contributed by atoms with van der Waals surface area (Å²) in [5.41, 5.74) is 2.00. The lowest BCUT2D eigenvalue weighted by atomic mass is 10.1. The number of carbonyl (C=O) groups is 1. The number of nitrogens with one attached hydrogen (secondary N) is 1. The molecule has 27 heavy (non-hydrogen) atoms. The van der Waals surface area contributed by atoms with Crippen LogP contribution in [0, 0.1) is 0 Å². The summed E-state index contributed by atoms with van der Waals surface area (Å²) in [6, 6.07) is 6.59. The van der Waals surface area contributed by atoms with Crippen molar-refractivity contribution in [2.45, 2.75) is 31.7 Å². The summed E-state index contributed by atoms with van der Waals surface area (Å²) in [7, 11) is 0. The number of pyridine rings is 1. The summed E-state index contributed by atoms with van der Waals surface area (Å²) >= 11 is 0. The summed E-state index contributed by atoms with van der Waals surface area (Å²) in [5, 5.41) is 20.4. The van der Waals surface area contributed by atoms with Crippen LogP contribution >= 0.6 is 0 Å². The number of phenols is 1. The lowest BCUT2D eigenvalue weighted by Crippen LogP contribution is -2.34. The van der Waals surface area contributed by atoms with Crippen molar-refractivity contribution < 1.29 is 19.1 Å². The Morgan fingerprint density at radius 2 is 1.93 bits per heavy atom. The lowest BCUT2D eigenvalue weighted by Gasteiger charge is -2.13. The SMILES string of the molecule is O=C(NC1CCCC1)Oc1cc(O)cc(-c2cncc(-c3nnco3)c2)c1. The second-order valence-corrected chi connectivity index (χ2v) is 6.44. The predicted octanol–water partition coefficient (Wildman–Crippen LogP) is 3.54. The number of benzene rings is 1. The first kappa shape index (κ1) is 17.0. The largest absolute Gasteiger partial charge is 0.508 e. The van der Waals surface area contributed by atoms with Crippen molar-refractivity contribution >= 4 is 6.09 Å². The van der Waals surface area contributed by atoms with Crippen molar-refractivity contribution in [2.24, 2.45) is 0 Å². The van der Waals surface area contributed by atoms with E-state index >= 15 is 0 Å². The predicted molar refractivity (Wildman–Crippen MR) is 96.0 cm³/mol. The zero-order valence-corrected chi connectivity index (χ0v) is 14.5. The maximum atomic E-state index is 12.1. The number of nitrogens with zero attached hydrogens (tertiary/aromatic N) is 3. The highest BCUT2D eigenvalue weighted by Gasteiger charge is 2.18. The highest BCUT2D eigenvalue weighted by Crippen LogP contribution is 2.31. The van der Waals surface area contributed by atoms with Gasteiger partial charge in [0.15, 0.2) is 0 Å². The zero-order chi connectivity index (χ0) is 18.6. The Hall–Kier alpha value is -3.42. The van der Waals surface area contributed by atoms with E-state index in [1.54, 1.807) is 30.6 Å². The molecule has 2 heterocycles. The molecule has 1 aliphatic rings. The molecule has 3 aromatic rings. The Kier molecular flexibility index (Phi) is 4.69. The van der Waals surface area contributed by atoms with Gasteiger partial charge in [-0.15, -0.1) is 10.2 Å². The monoisotopic (exact) mass is 366 g/mol. The van der Waals surface area contributed by atoms with Gasteiger partial charge in [-0.1, -0.05) is 12.8 Å². The number of amides is 1. The van der Waals surface area contributed by atoms with Crippen molar-refractivity contribution in [1.82, 2.24) is 20.5 Å². The van der Waals surface area contributed by atoms with Gasteiger partial charge in [0.25, 0.3) is 0 Å². The minimum Gasteiger partial charge on any atom is -0.508 e. The molecule has 0 radical (unpaired) electrons. The van der Waals surface area contributed by atoms with Crippen LogP contribution in [0.2, 0.25) is 0 Å². The van der Waals surface area contributed by atoms with E-state index in [4.69, 9.17) is 9.15 Å². The van der Waals surface area contributed by atoms with E-state index in [0.717, 1.165) is 25.7 Å². The lowest BCUT2D eigenvalue weighted by molar-refractivity contribution is 0.196. The standard InChI is InChI=1S/C19H18N4O4/c24-16-6-12(13-5-14(10-20-9-13)18-23-21-11-26-18)7-17(8-16)27-19(25)22-15-3-1-2-4-15/h5-11,15,24H,1-4H2,(H,22,25). The molecule has 138 valence electrons. The van der Waals surface area contributed by atoms with Crippen molar-refractivity contribution in [1.29, 1.82) is 0 Å². The molecule has 2 aromatic heterocycles. The maximum Gasteiger partial charge on any atom is 0.412 e. The van der Waals surface area contributed by atoms with Gasteiger partial charge in [-0.05, 0) is 36.6 Å². The van der Waals surface area contributed by atoms with Crippen molar-refractivity contribution in [2.75, 3.05) is 0 Å². The van der Waals surface area contributed by atoms with Crippen LogP contribution in [0.5, 0.6) is 11.5 Å². The Labute approximate surface area is 155 Å². The first-order valence-electron chi connectivity index (χ1n) is 8.72. The quantitative estimate of drug-likeness (QED) is 0.726. The van der Waals surface area contributed by atoms with Gasteiger partial charge in [0.05, 0.1) is 5.56 Å². The average molecular weight is 366 g/mol. The molecule has 0 bridgehead atoms. The topological polar surface area (TPSA) is 110 Å². The molecule has 2 N–H and O–H groups in total. The van der Waals surface area contributed by atoms with Gasteiger partial charge in [-0.2, -0.15) is 0 Å². The number of aromatic nitrogens is 3. The maximum absolute atomic E-state index is 12.1. The summed E-state index contributed by atoms with van der Waals surface area (Å²) in [5.74, 6) is 0.583. The molecule has 1 amide bonds. The Bertz CT molecular complexity index is 937. The minimum absolute atomic E-state index is 0.0145. The van der Waals surface area contributed by atoms with Crippen LogP contribution in [0.15, 0.2) is 47.5 Å². The fourth-order valence-electron chi connectivity index (χ4n) is 3.20. The van der Waals surface area contributed by atoms with Crippen molar-refractivity contribution in [3.8, 4) is 34.1 Å². The van der Waals surface area contributed by atoms with Gasteiger partial charge in [0, 0.05) is 30.1 Å². The van der Waals surface area contributed by atoms with Gasteiger partial charge in [0.1, 0.15) is 11.5 Å². The molecule has 8 heteroatoms. The van der Waals surface area contributed by atoms with E-state index < -0.39 is 6.09 Å². The second kappa shape index (κ2) is 7.45. The van der Waals surface area contributed by atoms with E-state index in [1.165, 1.54) is 12.5 Å². The molecule has 0 unspecified atom stereocenters. The Balaban J connectivity index is 1.55. The van der Waals surface area contributed by atoms with E-state index in [1.807, 2.05) is 0 Å². The molecular formula is C19H18N4O4. The van der Waals surface area contributed by atoms with Crippen LogP contribution in [-0.2, 0) is 0 Å². The molecule has 1 saturated carbocycles. The first-order valence-corrected chi connectivity index (χ1v) is 8.72. The molecule has 0 saturated heterocycles. The Morgan fingerprint density at radius 3 is 2.70 bits per heavy atom. The Morgan fingerprint density at radius 1 is 1.11 bits per heavy atom. The van der Waals surface area contributed by atoms with Crippen molar-refractivity contribution in [3.05, 3.63) is 43.1 Å². The molecule has 0 atom stereocenters. The van der Waals surface area contributed by atoms with Gasteiger partial charge in [-0.3, -0.25) is 4.98 Å². The fraction of sp³-hybridized carbons (Fsp3) is 0.263. The van der Waals surface area contributed by atoms with E-state index in [0.29, 0.717) is 22.6 Å². The first-order chi connectivity index (χ1) is 13.2. The molecule has 8 nitrogen and oxygen atoms in total. The fourth-order valence-corrected chi connectivity index (χ4v) is 3.20. The minimum atomic E-state index is -0.517. The normalized spacial score (nSPS) is 14.2. The number of hydrogen-bond acceptors (Lipinski definition) is 7. The third-order valence-corrected chi connectivity index (χ3v) is 4.46. The van der Waals surface area contributed by atoms with Gasteiger partial charge in [0.2, 0.25) is 12.3 Å². The van der Waals surface area contributed by atoms with Crippen LogP contribution in [0.25, 0.3) is 22.6 Å². The summed E-state index contributed by atoms with van der Waals surface area (Å²) in [4.78, 5) is 16.3. The zero-order valence-electron chi connectivity index (χ0n) is 14.5. The van der Waals surface area contributed by atoms with Crippen molar-refractivity contribution in [3.63, 3.8) is 0 Å². The number of aromatic hydroxyl groups is 1.